The first kappa shape index (κ1) is 19.7. The molecule has 0 saturated carbocycles. The second-order valence-electron chi connectivity index (χ2n) is 6.64. The number of para-hydroxylation sites is 2. The normalized spacial score (nSPS) is 17.1. The van der Waals surface area contributed by atoms with Crippen LogP contribution in [0.25, 0.3) is 0 Å². The highest BCUT2D eigenvalue weighted by atomic mass is 16.2. The Morgan fingerprint density at radius 1 is 1.27 bits per heavy atom. The van der Waals surface area contributed by atoms with Gasteiger partial charge in [0.1, 0.15) is 0 Å². The van der Waals surface area contributed by atoms with Gasteiger partial charge in [0.05, 0.1) is 23.8 Å². The van der Waals surface area contributed by atoms with Crippen LogP contribution in [0.2, 0.25) is 0 Å². The van der Waals surface area contributed by atoms with Crippen molar-refractivity contribution in [2.75, 3.05) is 44.4 Å². The summed E-state index contributed by atoms with van der Waals surface area (Å²) in [6, 6.07) is 7.09. The Morgan fingerprint density at radius 2 is 1.92 bits per heavy atom. The van der Waals surface area contributed by atoms with Crippen molar-refractivity contribution in [3.8, 4) is 0 Å². The Balaban J connectivity index is 2.03. The molecule has 1 heterocycles. The Kier molecular flexibility index (Phi) is 6.91. The van der Waals surface area contributed by atoms with Crippen LogP contribution in [0.1, 0.15) is 12.8 Å². The van der Waals surface area contributed by atoms with Gasteiger partial charge in [-0.1, -0.05) is 18.2 Å². The summed E-state index contributed by atoms with van der Waals surface area (Å²) in [5.74, 6) is -0.540. The van der Waals surface area contributed by atoms with E-state index in [1.165, 1.54) is 0 Å². The van der Waals surface area contributed by atoms with Gasteiger partial charge in [0, 0.05) is 19.5 Å². The van der Waals surface area contributed by atoms with Crippen molar-refractivity contribution in [2.24, 2.45) is 5.92 Å². The van der Waals surface area contributed by atoms with Crippen LogP contribution in [0.3, 0.4) is 0 Å². The van der Waals surface area contributed by atoms with E-state index in [2.05, 4.69) is 17.2 Å². The Morgan fingerprint density at radius 3 is 2.54 bits per heavy atom. The van der Waals surface area contributed by atoms with Crippen molar-refractivity contribution in [2.45, 2.75) is 12.8 Å². The summed E-state index contributed by atoms with van der Waals surface area (Å²) in [5.41, 5.74) is 1.11. The first-order chi connectivity index (χ1) is 12.4. The van der Waals surface area contributed by atoms with Gasteiger partial charge in [-0.3, -0.25) is 14.4 Å². The molecule has 7 nitrogen and oxygen atoms in total. The van der Waals surface area contributed by atoms with Crippen LogP contribution in [0.5, 0.6) is 0 Å². The molecule has 0 aromatic heterocycles. The monoisotopic (exact) mass is 358 g/mol. The Bertz CT molecular complexity index is 687. The van der Waals surface area contributed by atoms with E-state index in [1.807, 2.05) is 14.1 Å². The molecule has 1 unspecified atom stereocenters. The molecule has 0 aliphatic carbocycles. The van der Waals surface area contributed by atoms with Crippen molar-refractivity contribution in [3.63, 3.8) is 0 Å². The summed E-state index contributed by atoms with van der Waals surface area (Å²) in [7, 11) is 3.62. The molecule has 140 valence electrons. The number of rotatable bonds is 7. The zero-order chi connectivity index (χ0) is 19.1. The van der Waals surface area contributed by atoms with Gasteiger partial charge in [-0.15, -0.1) is 6.58 Å². The predicted molar refractivity (Wildman–Crippen MR) is 102 cm³/mol. The fourth-order valence-corrected chi connectivity index (χ4v) is 2.87. The molecular weight excluding hydrogens is 332 g/mol. The molecule has 7 heteroatoms. The van der Waals surface area contributed by atoms with E-state index in [9.17, 15) is 14.4 Å². The van der Waals surface area contributed by atoms with Crippen molar-refractivity contribution >= 4 is 29.1 Å². The van der Waals surface area contributed by atoms with Crippen LogP contribution >= 0.6 is 0 Å². The zero-order valence-electron chi connectivity index (χ0n) is 15.3. The highest BCUT2D eigenvalue weighted by Crippen LogP contribution is 2.24. The molecule has 2 rings (SSSR count). The number of anilines is 2. The van der Waals surface area contributed by atoms with Crippen LogP contribution in [-0.2, 0) is 14.4 Å². The minimum atomic E-state index is -0.279. The number of hydrogen-bond acceptors (Lipinski definition) is 4. The number of nitrogens with zero attached hydrogens (tertiary/aromatic N) is 2. The third kappa shape index (κ3) is 5.42. The molecule has 1 aromatic carbocycles. The second kappa shape index (κ2) is 9.15. The summed E-state index contributed by atoms with van der Waals surface area (Å²) >= 11 is 0. The van der Waals surface area contributed by atoms with Gasteiger partial charge >= 0.3 is 0 Å². The minimum Gasteiger partial charge on any atom is -0.338 e. The summed E-state index contributed by atoms with van der Waals surface area (Å²) in [6.45, 7) is 4.73. The van der Waals surface area contributed by atoms with Crippen LogP contribution in [0.4, 0.5) is 11.4 Å². The van der Waals surface area contributed by atoms with E-state index in [1.54, 1.807) is 40.1 Å². The molecule has 0 spiro atoms. The van der Waals surface area contributed by atoms with Crippen molar-refractivity contribution in [3.05, 3.63) is 36.9 Å². The fourth-order valence-electron chi connectivity index (χ4n) is 2.87. The number of hydrogen-bond donors (Lipinski definition) is 2. The van der Waals surface area contributed by atoms with Gasteiger partial charge < -0.3 is 20.4 Å². The van der Waals surface area contributed by atoms with Gasteiger partial charge in [-0.25, -0.2) is 0 Å². The molecule has 1 aliphatic heterocycles. The number of carbonyl (C=O) groups is 3. The van der Waals surface area contributed by atoms with Gasteiger partial charge in [0.25, 0.3) is 0 Å². The highest BCUT2D eigenvalue weighted by molar-refractivity contribution is 6.01. The molecular formula is C19H26N4O3. The van der Waals surface area contributed by atoms with E-state index < -0.39 is 0 Å². The maximum absolute atomic E-state index is 12.6. The summed E-state index contributed by atoms with van der Waals surface area (Å²) in [6.07, 6.45) is 2.54. The fraction of sp³-hybridized carbons (Fsp3) is 0.421. The maximum atomic E-state index is 12.6. The third-order valence-electron chi connectivity index (χ3n) is 4.14. The topological polar surface area (TPSA) is 81.8 Å². The smallest absolute Gasteiger partial charge is 0.238 e. The van der Waals surface area contributed by atoms with Gasteiger partial charge in [-0.2, -0.15) is 0 Å². The van der Waals surface area contributed by atoms with Gasteiger partial charge in [-0.05, 0) is 32.6 Å². The molecule has 3 amide bonds. The van der Waals surface area contributed by atoms with E-state index in [-0.39, 0.29) is 30.2 Å². The maximum Gasteiger partial charge on any atom is 0.238 e. The molecule has 1 aromatic rings. The lowest BCUT2D eigenvalue weighted by atomic mass is 9.96. The quantitative estimate of drug-likeness (QED) is 0.725. The van der Waals surface area contributed by atoms with Gasteiger partial charge in [0.2, 0.25) is 17.7 Å². The highest BCUT2D eigenvalue weighted by Gasteiger charge is 2.29. The zero-order valence-corrected chi connectivity index (χ0v) is 15.3. The molecule has 2 N–H and O–H groups in total. The first-order valence-electron chi connectivity index (χ1n) is 8.64. The number of amides is 3. The number of piperidine rings is 1. The molecule has 0 radical (unpaired) electrons. The second-order valence-corrected chi connectivity index (χ2v) is 6.64. The van der Waals surface area contributed by atoms with Crippen LogP contribution in [0, 0.1) is 5.92 Å². The number of likely N-dealkylation sites (N-methyl/N-ethyl adjacent to an activating group) is 1. The number of benzene rings is 1. The van der Waals surface area contributed by atoms with Gasteiger partial charge in [0.15, 0.2) is 0 Å². The van der Waals surface area contributed by atoms with Crippen molar-refractivity contribution < 1.29 is 14.4 Å². The van der Waals surface area contributed by atoms with Crippen molar-refractivity contribution in [1.82, 2.24) is 9.80 Å². The molecule has 1 atom stereocenters. The van der Waals surface area contributed by atoms with Crippen LogP contribution in [-0.4, -0.2) is 61.3 Å². The van der Waals surface area contributed by atoms with Crippen LogP contribution < -0.4 is 10.6 Å². The Hall–Kier alpha value is -2.67. The lowest BCUT2D eigenvalue weighted by Gasteiger charge is -2.31. The van der Waals surface area contributed by atoms with Crippen molar-refractivity contribution in [1.29, 1.82) is 0 Å². The van der Waals surface area contributed by atoms with E-state index in [0.29, 0.717) is 37.3 Å². The summed E-state index contributed by atoms with van der Waals surface area (Å²) < 4.78 is 0. The minimum absolute atomic E-state index is 0.0466. The number of carbonyl (C=O) groups excluding carboxylic acids is 3. The third-order valence-corrected chi connectivity index (χ3v) is 4.14. The largest absolute Gasteiger partial charge is 0.338 e. The molecule has 26 heavy (non-hydrogen) atoms. The molecule has 0 bridgehead atoms. The van der Waals surface area contributed by atoms with E-state index in [0.717, 1.165) is 0 Å². The molecule has 1 fully saturated rings. The average Bonchev–Trinajstić information content (AvgIpc) is 2.58. The molecule has 1 aliphatic rings. The van der Waals surface area contributed by atoms with E-state index >= 15 is 0 Å². The predicted octanol–water partition coefficient (Wildman–Crippen LogP) is 1.55. The average molecular weight is 358 g/mol. The lowest BCUT2D eigenvalue weighted by molar-refractivity contribution is -0.136. The summed E-state index contributed by atoms with van der Waals surface area (Å²) in [4.78, 5) is 39.9. The standard InChI is InChI=1S/C19H26N4O3/c1-4-11-23-12-14(9-10-18(23)25)19(26)21-16-8-6-5-7-15(16)20-17(24)13-22(2)3/h4-8,14H,1,9-13H2,2-3H3,(H,20,24)(H,21,26). The molecule has 1 saturated heterocycles. The SMILES string of the molecule is C=CCN1CC(C(=O)Nc2ccccc2NC(=O)CN(C)C)CCC1=O. The van der Waals surface area contributed by atoms with E-state index in [4.69, 9.17) is 0 Å². The first-order valence-corrected chi connectivity index (χ1v) is 8.64. The lowest BCUT2D eigenvalue weighted by Crippen LogP contribution is -2.44. The number of nitrogens with one attached hydrogen (secondary N) is 2. The summed E-state index contributed by atoms with van der Waals surface area (Å²) in [5, 5.41) is 5.70. The number of likely N-dealkylation sites (tertiary alicyclic amines) is 1. The van der Waals surface area contributed by atoms with Crippen LogP contribution in [0.15, 0.2) is 36.9 Å². The Labute approximate surface area is 154 Å².